The fourth-order valence-corrected chi connectivity index (χ4v) is 4.98. The summed E-state index contributed by atoms with van der Waals surface area (Å²) < 4.78 is 28.1. The van der Waals surface area contributed by atoms with Crippen molar-refractivity contribution in [1.29, 1.82) is 0 Å². The number of rotatable bonds is 8. The largest absolute Gasteiger partial charge is 0.354 e. The predicted molar refractivity (Wildman–Crippen MR) is 130 cm³/mol. The van der Waals surface area contributed by atoms with E-state index in [1.807, 2.05) is 44.2 Å². The number of aryl methyl sites for hydroxylation is 2. The van der Waals surface area contributed by atoms with E-state index in [0.717, 1.165) is 15.4 Å². The Balaban J connectivity index is 1.87. The molecule has 3 rings (SSSR count). The number of hydrogen-bond donors (Lipinski definition) is 1. The van der Waals surface area contributed by atoms with Crippen LogP contribution in [0.1, 0.15) is 29.5 Å². The Bertz CT molecular complexity index is 1180. The molecule has 0 saturated heterocycles. The lowest BCUT2D eigenvalue weighted by Gasteiger charge is -2.26. The lowest BCUT2D eigenvalue weighted by atomic mass is 10.0. The highest BCUT2D eigenvalue weighted by Crippen LogP contribution is 2.29. The first-order valence-electron chi connectivity index (χ1n) is 10.4. The number of sulfonamides is 1. The van der Waals surface area contributed by atoms with Crippen molar-refractivity contribution in [2.75, 3.05) is 17.4 Å². The molecule has 0 unspecified atom stereocenters. The van der Waals surface area contributed by atoms with Gasteiger partial charge in [0.1, 0.15) is 6.54 Å². The number of nitrogens with one attached hydrogen (secondary N) is 1. The maximum absolute atomic E-state index is 13.5. The second kappa shape index (κ2) is 10.2. The topological polar surface area (TPSA) is 66.5 Å². The molecule has 3 aromatic carbocycles. The van der Waals surface area contributed by atoms with Crippen LogP contribution in [-0.2, 0) is 14.8 Å². The molecule has 32 heavy (non-hydrogen) atoms. The Hall–Kier alpha value is -2.83. The summed E-state index contributed by atoms with van der Waals surface area (Å²) >= 11 is 6.16. The van der Waals surface area contributed by atoms with Crippen LogP contribution in [-0.4, -0.2) is 27.4 Å². The molecule has 0 aliphatic rings. The van der Waals surface area contributed by atoms with Gasteiger partial charge >= 0.3 is 0 Å². The number of anilines is 1. The fraction of sp³-hybridized carbons (Fsp3) is 0.240. The summed E-state index contributed by atoms with van der Waals surface area (Å²) in [6, 6.07) is 21.4. The highest BCUT2D eigenvalue weighted by atomic mass is 35.5. The maximum atomic E-state index is 13.5. The van der Waals surface area contributed by atoms with Gasteiger partial charge in [-0.1, -0.05) is 72.6 Å². The molecule has 0 spiro atoms. The minimum Gasteiger partial charge on any atom is -0.354 e. The van der Waals surface area contributed by atoms with Gasteiger partial charge in [0.15, 0.2) is 0 Å². The third kappa shape index (κ3) is 5.69. The van der Waals surface area contributed by atoms with Crippen molar-refractivity contribution < 1.29 is 13.2 Å². The summed E-state index contributed by atoms with van der Waals surface area (Å²) in [5.74, 6) is -0.293. The number of amides is 1. The van der Waals surface area contributed by atoms with E-state index in [2.05, 4.69) is 5.32 Å². The summed E-state index contributed by atoms with van der Waals surface area (Å²) in [6.45, 7) is 5.74. The van der Waals surface area contributed by atoms with Gasteiger partial charge in [0.2, 0.25) is 5.91 Å². The third-order valence-corrected chi connectivity index (χ3v) is 7.32. The summed E-state index contributed by atoms with van der Waals surface area (Å²) in [4.78, 5) is 13.0. The first-order chi connectivity index (χ1) is 15.2. The van der Waals surface area contributed by atoms with E-state index in [-0.39, 0.29) is 23.3 Å². The maximum Gasteiger partial charge on any atom is 0.264 e. The highest BCUT2D eigenvalue weighted by Gasteiger charge is 2.28. The van der Waals surface area contributed by atoms with Crippen molar-refractivity contribution >= 4 is 33.2 Å². The van der Waals surface area contributed by atoms with Gasteiger partial charge in [-0.3, -0.25) is 9.10 Å². The Kier molecular flexibility index (Phi) is 7.59. The quantitative estimate of drug-likeness (QED) is 0.499. The van der Waals surface area contributed by atoms with Crippen molar-refractivity contribution in [3.63, 3.8) is 0 Å². The van der Waals surface area contributed by atoms with Crippen LogP contribution in [0.5, 0.6) is 0 Å². The molecule has 168 valence electrons. The zero-order valence-electron chi connectivity index (χ0n) is 18.4. The van der Waals surface area contributed by atoms with Gasteiger partial charge in [-0.25, -0.2) is 8.42 Å². The molecule has 0 fully saturated rings. The summed E-state index contributed by atoms with van der Waals surface area (Å²) in [5, 5.41) is 3.27. The van der Waals surface area contributed by atoms with Crippen molar-refractivity contribution in [3.8, 4) is 0 Å². The zero-order valence-corrected chi connectivity index (χ0v) is 20.0. The molecule has 7 heteroatoms. The predicted octanol–water partition coefficient (Wildman–Crippen LogP) is 5.07. The van der Waals surface area contributed by atoms with Crippen LogP contribution < -0.4 is 9.62 Å². The van der Waals surface area contributed by atoms with E-state index in [1.54, 1.807) is 49.4 Å². The number of benzene rings is 3. The van der Waals surface area contributed by atoms with Crippen LogP contribution in [0.15, 0.2) is 77.7 Å². The Labute approximate surface area is 195 Å². The van der Waals surface area contributed by atoms with E-state index in [0.29, 0.717) is 22.8 Å². The standard InChI is InChI=1S/C25H27ClN2O3S/c1-18-9-13-23(14-10-18)32(30,31)28(24-15-22(26)12-11-19(24)2)17-25(29)27-16-20(3)21-7-5-4-6-8-21/h4-15,20H,16-17H2,1-3H3,(H,27,29)/t20-/m0/s1. The Morgan fingerprint density at radius 1 is 1.00 bits per heavy atom. The summed E-state index contributed by atoms with van der Waals surface area (Å²) in [6.07, 6.45) is 0. The molecule has 1 N–H and O–H groups in total. The number of nitrogens with zero attached hydrogens (tertiary/aromatic N) is 1. The summed E-state index contributed by atoms with van der Waals surface area (Å²) in [7, 11) is -3.98. The Morgan fingerprint density at radius 2 is 1.66 bits per heavy atom. The molecule has 0 heterocycles. The normalized spacial score (nSPS) is 12.2. The number of halogens is 1. The minimum absolute atomic E-state index is 0.0928. The monoisotopic (exact) mass is 470 g/mol. The van der Waals surface area contributed by atoms with Crippen molar-refractivity contribution in [3.05, 3.63) is 94.5 Å². The number of hydrogen-bond acceptors (Lipinski definition) is 3. The van der Waals surface area contributed by atoms with Crippen molar-refractivity contribution in [1.82, 2.24) is 5.32 Å². The van der Waals surface area contributed by atoms with Crippen LogP contribution in [0.2, 0.25) is 5.02 Å². The number of carbonyl (C=O) groups excluding carboxylic acids is 1. The third-order valence-electron chi connectivity index (χ3n) is 5.31. The lowest BCUT2D eigenvalue weighted by molar-refractivity contribution is -0.119. The van der Waals surface area contributed by atoms with Crippen LogP contribution in [0, 0.1) is 13.8 Å². The van der Waals surface area contributed by atoms with Crippen LogP contribution in [0.3, 0.4) is 0 Å². The molecule has 3 aromatic rings. The lowest BCUT2D eigenvalue weighted by Crippen LogP contribution is -2.42. The first kappa shape index (κ1) is 23.8. The van der Waals surface area contributed by atoms with Crippen LogP contribution in [0.25, 0.3) is 0 Å². The average molecular weight is 471 g/mol. The summed E-state index contributed by atoms with van der Waals surface area (Å²) in [5.41, 5.74) is 3.13. The molecule has 5 nitrogen and oxygen atoms in total. The molecule has 1 amide bonds. The molecule has 0 saturated carbocycles. The molecule has 1 atom stereocenters. The zero-order chi connectivity index (χ0) is 23.3. The van der Waals surface area contributed by atoms with Crippen LogP contribution >= 0.6 is 11.6 Å². The molecular weight excluding hydrogens is 444 g/mol. The highest BCUT2D eigenvalue weighted by molar-refractivity contribution is 7.92. The van der Waals surface area contributed by atoms with Crippen molar-refractivity contribution in [2.45, 2.75) is 31.6 Å². The smallest absolute Gasteiger partial charge is 0.264 e. The fourth-order valence-electron chi connectivity index (χ4n) is 3.34. The first-order valence-corrected chi connectivity index (χ1v) is 12.2. The molecule has 0 radical (unpaired) electrons. The molecule has 0 aliphatic carbocycles. The molecular formula is C25H27ClN2O3S. The molecule has 0 aliphatic heterocycles. The van der Waals surface area contributed by atoms with Gasteiger partial charge in [0.05, 0.1) is 10.6 Å². The van der Waals surface area contributed by atoms with E-state index in [9.17, 15) is 13.2 Å². The average Bonchev–Trinajstić information content (AvgIpc) is 2.78. The van der Waals surface area contributed by atoms with Gasteiger partial charge in [-0.2, -0.15) is 0 Å². The second-order valence-corrected chi connectivity index (χ2v) is 10.2. The van der Waals surface area contributed by atoms with E-state index in [4.69, 9.17) is 11.6 Å². The van der Waals surface area contributed by atoms with Gasteiger partial charge in [0.25, 0.3) is 10.0 Å². The molecule has 0 bridgehead atoms. The second-order valence-electron chi connectivity index (χ2n) is 7.87. The van der Waals surface area contributed by atoms with E-state index >= 15 is 0 Å². The van der Waals surface area contributed by atoms with E-state index in [1.165, 1.54) is 0 Å². The van der Waals surface area contributed by atoms with Gasteiger partial charge < -0.3 is 5.32 Å². The van der Waals surface area contributed by atoms with E-state index < -0.39 is 10.0 Å². The van der Waals surface area contributed by atoms with Gasteiger partial charge in [-0.05, 0) is 55.2 Å². The minimum atomic E-state index is -3.98. The molecule has 0 aromatic heterocycles. The van der Waals surface area contributed by atoms with Gasteiger partial charge in [0, 0.05) is 11.6 Å². The van der Waals surface area contributed by atoms with Gasteiger partial charge in [-0.15, -0.1) is 0 Å². The van der Waals surface area contributed by atoms with Crippen molar-refractivity contribution in [2.24, 2.45) is 0 Å². The Morgan fingerprint density at radius 3 is 2.31 bits per heavy atom. The van der Waals surface area contributed by atoms with Crippen LogP contribution in [0.4, 0.5) is 5.69 Å². The SMILES string of the molecule is Cc1ccc(S(=O)(=O)N(CC(=O)NC[C@H](C)c2ccccc2)c2cc(Cl)ccc2C)cc1. The number of carbonyl (C=O) groups is 1.